The summed E-state index contributed by atoms with van der Waals surface area (Å²) in [5, 5.41) is 0. The molecule has 4 heteroatoms. The third kappa shape index (κ3) is 3.07. The SMILES string of the molecule is COC(=O)CN1CCCC[C@@H]1c1ccc(F)cc1. The van der Waals surface area contributed by atoms with Crippen molar-refractivity contribution >= 4 is 5.97 Å². The van der Waals surface area contributed by atoms with E-state index in [0.29, 0.717) is 6.54 Å². The van der Waals surface area contributed by atoms with Crippen molar-refractivity contribution in [3.05, 3.63) is 35.6 Å². The summed E-state index contributed by atoms with van der Waals surface area (Å²) in [6.07, 6.45) is 3.23. The fourth-order valence-electron chi connectivity index (χ4n) is 2.47. The van der Waals surface area contributed by atoms with Crippen LogP contribution in [-0.4, -0.2) is 31.1 Å². The molecule has 1 fully saturated rings. The molecule has 0 aromatic heterocycles. The van der Waals surface area contributed by atoms with E-state index in [4.69, 9.17) is 4.74 Å². The number of likely N-dealkylation sites (tertiary alicyclic amines) is 1. The largest absolute Gasteiger partial charge is 0.468 e. The molecule has 2 rings (SSSR count). The molecule has 1 aliphatic heterocycles. The van der Waals surface area contributed by atoms with Crippen molar-refractivity contribution < 1.29 is 13.9 Å². The van der Waals surface area contributed by atoms with Crippen molar-refractivity contribution in [2.75, 3.05) is 20.2 Å². The number of hydrogen-bond acceptors (Lipinski definition) is 3. The van der Waals surface area contributed by atoms with Crippen molar-refractivity contribution in [1.29, 1.82) is 0 Å². The van der Waals surface area contributed by atoms with E-state index in [1.807, 2.05) is 0 Å². The number of piperidine rings is 1. The van der Waals surface area contributed by atoms with E-state index >= 15 is 0 Å². The molecule has 0 unspecified atom stereocenters. The molecule has 1 heterocycles. The first-order valence-corrected chi connectivity index (χ1v) is 6.27. The Morgan fingerprint density at radius 2 is 2.11 bits per heavy atom. The minimum Gasteiger partial charge on any atom is -0.468 e. The van der Waals surface area contributed by atoms with E-state index < -0.39 is 0 Å². The molecule has 1 saturated heterocycles. The smallest absolute Gasteiger partial charge is 0.319 e. The number of methoxy groups -OCH3 is 1. The lowest BCUT2D eigenvalue weighted by molar-refractivity contribution is -0.143. The highest BCUT2D eigenvalue weighted by Gasteiger charge is 2.25. The summed E-state index contributed by atoms with van der Waals surface area (Å²) in [7, 11) is 1.40. The molecule has 0 N–H and O–H groups in total. The molecular formula is C14H18FNO2. The predicted molar refractivity (Wildman–Crippen MR) is 66.6 cm³/mol. The molecule has 1 aromatic rings. The highest BCUT2D eigenvalue weighted by atomic mass is 19.1. The Morgan fingerprint density at radius 3 is 2.78 bits per heavy atom. The maximum Gasteiger partial charge on any atom is 0.319 e. The summed E-state index contributed by atoms with van der Waals surface area (Å²) in [6, 6.07) is 6.74. The van der Waals surface area contributed by atoms with E-state index in [0.717, 1.165) is 31.4 Å². The number of nitrogens with zero attached hydrogens (tertiary/aromatic N) is 1. The molecule has 0 radical (unpaired) electrons. The van der Waals surface area contributed by atoms with Gasteiger partial charge in [-0.25, -0.2) is 4.39 Å². The highest BCUT2D eigenvalue weighted by molar-refractivity contribution is 5.71. The lowest BCUT2D eigenvalue weighted by Crippen LogP contribution is -2.37. The Bertz CT molecular complexity index is 405. The van der Waals surface area contributed by atoms with Gasteiger partial charge in [0.1, 0.15) is 5.82 Å². The Balaban J connectivity index is 2.12. The summed E-state index contributed by atoms with van der Waals surface area (Å²) in [4.78, 5) is 13.5. The van der Waals surface area contributed by atoms with Gasteiger partial charge in [0.2, 0.25) is 0 Å². The number of carbonyl (C=O) groups excluding carboxylic acids is 1. The number of benzene rings is 1. The second-order valence-electron chi connectivity index (χ2n) is 4.61. The third-order valence-corrected chi connectivity index (χ3v) is 3.43. The number of hydrogen-bond donors (Lipinski definition) is 0. The molecule has 18 heavy (non-hydrogen) atoms. The van der Waals surface area contributed by atoms with Crippen molar-refractivity contribution in [3.8, 4) is 0 Å². The van der Waals surface area contributed by atoms with Gasteiger partial charge in [0.25, 0.3) is 0 Å². The van der Waals surface area contributed by atoms with Gasteiger partial charge in [-0.15, -0.1) is 0 Å². The quantitative estimate of drug-likeness (QED) is 0.773. The predicted octanol–water partition coefficient (Wildman–Crippen LogP) is 2.53. The van der Waals surface area contributed by atoms with Gasteiger partial charge in [-0.1, -0.05) is 18.6 Å². The van der Waals surface area contributed by atoms with Crippen molar-refractivity contribution in [2.45, 2.75) is 25.3 Å². The van der Waals surface area contributed by atoms with Crippen LogP contribution in [0.1, 0.15) is 30.9 Å². The van der Waals surface area contributed by atoms with Crippen molar-refractivity contribution in [2.24, 2.45) is 0 Å². The molecule has 0 aliphatic carbocycles. The Hall–Kier alpha value is -1.42. The highest BCUT2D eigenvalue weighted by Crippen LogP contribution is 2.30. The van der Waals surface area contributed by atoms with E-state index in [9.17, 15) is 9.18 Å². The van der Waals surface area contributed by atoms with Gasteiger partial charge in [-0.2, -0.15) is 0 Å². The maximum atomic E-state index is 12.9. The van der Waals surface area contributed by atoms with Crippen LogP contribution in [0.4, 0.5) is 4.39 Å². The summed E-state index contributed by atoms with van der Waals surface area (Å²) >= 11 is 0. The van der Waals surface area contributed by atoms with Crippen LogP contribution in [0.2, 0.25) is 0 Å². The summed E-state index contributed by atoms with van der Waals surface area (Å²) < 4.78 is 17.6. The molecular weight excluding hydrogens is 233 g/mol. The van der Waals surface area contributed by atoms with E-state index in [2.05, 4.69) is 4.90 Å². The van der Waals surface area contributed by atoms with Crippen molar-refractivity contribution in [3.63, 3.8) is 0 Å². The van der Waals surface area contributed by atoms with E-state index in [1.165, 1.54) is 19.2 Å². The lowest BCUT2D eigenvalue weighted by Gasteiger charge is -2.35. The molecule has 0 spiro atoms. The van der Waals surface area contributed by atoms with Gasteiger partial charge in [0.05, 0.1) is 13.7 Å². The van der Waals surface area contributed by atoms with Crippen LogP contribution in [0.25, 0.3) is 0 Å². The van der Waals surface area contributed by atoms with Crippen LogP contribution < -0.4 is 0 Å². The zero-order chi connectivity index (χ0) is 13.0. The topological polar surface area (TPSA) is 29.5 Å². The molecule has 3 nitrogen and oxygen atoms in total. The average Bonchev–Trinajstić information content (AvgIpc) is 2.40. The lowest BCUT2D eigenvalue weighted by atomic mass is 9.95. The standard InChI is InChI=1S/C14H18FNO2/c1-18-14(17)10-16-9-3-2-4-13(16)11-5-7-12(15)8-6-11/h5-8,13H,2-4,9-10H2,1H3/t13-/m1/s1. The maximum absolute atomic E-state index is 12.9. The number of esters is 1. The van der Waals surface area contributed by atoms with Crippen LogP contribution in [0.3, 0.4) is 0 Å². The van der Waals surface area contributed by atoms with Gasteiger partial charge in [-0.3, -0.25) is 9.69 Å². The fraction of sp³-hybridized carbons (Fsp3) is 0.500. The molecule has 98 valence electrons. The number of ether oxygens (including phenoxy) is 1. The average molecular weight is 251 g/mol. The van der Waals surface area contributed by atoms with Gasteiger partial charge in [0, 0.05) is 6.04 Å². The fourth-order valence-corrected chi connectivity index (χ4v) is 2.47. The van der Waals surface area contributed by atoms with Crippen LogP contribution in [0, 0.1) is 5.82 Å². The number of carbonyl (C=O) groups is 1. The molecule has 0 saturated carbocycles. The van der Waals surface area contributed by atoms with Crippen LogP contribution >= 0.6 is 0 Å². The summed E-state index contributed by atoms with van der Waals surface area (Å²) in [5.74, 6) is -0.446. The van der Waals surface area contributed by atoms with Crippen LogP contribution in [-0.2, 0) is 9.53 Å². The first-order valence-electron chi connectivity index (χ1n) is 6.27. The van der Waals surface area contributed by atoms with Crippen molar-refractivity contribution in [1.82, 2.24) is 4.90 Å². The van der Waals surface area contributed by atoms with Gasteiger partial charge >= 0.3 is 5.97 Å². The number of halogens is 1. The normalized spacial score (nSPS) is 20.7. The monoisotopic (exact) mass is 251 g/mol. The second kappa shape index (κ2) is 5.96. The summed E-state index contributed by atoms with van der Waals surface area (Å²) in [5.41, 5.74) is 1.07. The molecule has 1 aliphatic rings. The minimum atomic E-state index is -0.228. The minimum absolute atomic E-state index is 0.193. The van der Waals surface area contributed by atoms with Crippen LogP contribution in [0.15, 0.2) is 24.3 Å². The molecule has 1 atom stereocenters. The number of rotatable bonds is 3. The van der Waals surface area contributed by atoms with Gasteiger partial charge < -0.3 is 4.74 Å². The first kappa shape index (κ1) is 13.0. The van der Waals surface area contributed by atoms with Gasteiger partial charge in [-0.05, 0) is 37.1 Å². The third-order valence-electron chi connectivity index (χ3n) is 3.43. The molecule has 1 aromatic carbocycles. The van der Waals surface area contributed by atoms with Gasteiger partial charge in [0.15, 0.2) is 0 Å². The first-order chi connectivity index (χ1) is 8.70. The Morgan fingerprint density at radius 1 is 1.39 bits per heavy atom. The molecule has 0 amide bonds. The Kier molecular flexibility index (Phi) is 4.31. The van der Waals surface area contributed by atoms with E-state index in [-0.39, 0.29) is 17.8 Å². The second-order valence-corrected chi connectivity index (χ2v) is 4.61. The summed E-state index contributed by atoms with van der Waals surface area (Å²) in [6.45, 7) is 1.19. The van der Waals surface area contributed by atoms with Crippen LogP contribution in [0.5, 0.6) is 0 Å². The zero-order valence-electron chi connectivity index (χ0n) is 10.6. The Labute approximate surface area is 107 Å². The molecule has 0 bridgehead atoms. The zero-order valence-corrected chi connectivity index (χ0v) is 10.6. The van der Waals surface area contributed by atoms with E-state index in [1.54, 1.807) is 12.1 Å².